The predicted molar refractivity (Wildman–Crippen MR) is 86.6 cm³/mol. The first-order valence-corrected chi connectivity index (χ1v) is 8.68. The lowest BCUT2D eigenvalue weighted by molar-refractivity contribution is -0.144. The average Bonchev–Trinajstić information content (AvgIpc) is 3.19. The van der Waals surface area contributed by atoms with Crippen molar-refractivity contribution in [3.8, 4) is 0 Å². The lowest BCUT2D eigenvalue weighted by Gasteiger charge is -2.40. The number of nitrogens with one attached hydrogen (secondary N) is 1. The van der Waals surface area contributed by atoms with Gasteiger partial charge >= 0.3 is 0 Å². The summed E-state index contributed by atoms with van der Waals surface area (Å²) in [6.07, 6.45) is 10.4. The molecule has 1 atom stereocenters. The Bertz CT molecular complexity index is 549. The van der Waals surface area contributed by atoms with Crippen molar-refractivity contribution in [2.24, 2.45) is 0 Å². The Morgan fingerprint density at radius 1 is 1.26 bits per heavy atom. The van der Waals surface area contributed by atoms with E-state index in [9.17, 15) is 9.59 Å². The van der Waals surface area contributed by atoms with Crippen LogP contribution in [0.4, 0.5) is 0 Å². The minimum atomic E-state index is -0.684. The van der Waals surface area contributed by atoms with E-state index in [1.807, 2.05) is 21.8 Å². The second-order valence-corrected chi connectivity index (χ2v) is 6.85. The van der Waals surface area contributed by atoms with E-state index >= 15 is 0 Å². The van der Waals surface area contributed by atoms with Gasteiger partial charge in [0, 0.05) is 25.9 Å². The maximum absolute atomic E-state index is 13.3. The zero-order valence-corrected chi connectivity index (χ0v) is 13.8. The molecule has 126 valence electrons. The smallest absolute Gasteiger partial charge is 0.248 e. The number of nitrogens with zero attached hydrogens (tertiary/aromatic N) is 3. The number of rotatable bonds is 4. The first-order valence-electron chi connectivity index (χ1n) is 8.68. The van der Waals surface area contributed by atoms with Gasteiger partial charge in [-0.3, -0.25) is 14.3 Å². The summed E-state index contributed by atoms with van der Waals surface area (Å²) >= 11 is 0. The van der Waals surface area contributed by atoms with Gasteiger partial charge in [-0.15, -0.1) is 0 Å². The molecule has 6 nitrogen and oxygen atoms in total. The van der Waals surface area contributed by atoms with Gasteiger partial charge in [0.15, 0.2) is 0 Å². The van der Waals surface area contributed by atoms with Gasteiger partial charge in [-0.05, 0) is 31.7 Å². The summed E-state index contributed by atoms with van der Waals surface area (Å²) in [7, 11) is 0. The summed E-state index contributed by atoms with van der Waals surface area (Å²) < 4.78 is 1.89. The molecule has 2 fully saturated rings. The van der Waals surface area contributed by atoms with E-state index in [1.54, 1.807) is 6.20 Å². The van der Waals surface area contributed by atoms with Crippen molar-refractivity contribution in [2.75, 3.05) is 6.54 Å². The molecular formula is C17H26N4O2. The monoisotopic (exact) mass is 318 g/mol. The van der Waals surface area contributed by atoms with Gasteiger partial charge in [0.2, 0.25) is 11.8 Å². The largest absolute Gasteiger partial charge is 0.342 e. The topological polar surface area (TPSA) is 67.2 Å². The van der Waals surface area contributed by atoms with E-state index in [0.29, 0.717) is 0 Å². The summed E-state index contributed by atoms with van der Waals surface area (Å²) in [6.45, 7) is 3.02. The second kappa shape index (κ2) is 6.72. The molecule has 1 N–H and O–H groups in total. The number of likely N-dealkylation sites (tertiary alicyclic amines) is 1. The Morgan fingerprint density at radius 2 is 2.04 bits per heavy atom. The van der Waals surface area contributed by atoms with Crippen molar-refractivity contribution in [1.29, 1.82) is 0 Å². The normalized spacial score (nSPS) is 23.7. The molecule has 1 aromatic rings. The highest BCUT2D eigenvalue weighted by Gasteiger charge is 2.45. The number of aromatic nitrogens is 2. The quantitative estimate of drug-likeness (QED) is 0.919. The van der Waals surface area contributed by atoms with E-state index < -0.39 is 5.54 Å². The summed E-state index contributed by atoms with van der Waals surface area (Å²) in [6, 6.07) is 2.08. The zero-order valence-electron chi connectivity index (χ0n) is 13.8. The third kappa shape index (κ3) is 3.41. The molecule has 6 heteroatoms. The van der Waals surface area contributed by atoms with Crippen LogP contribution in [-0.2, 0) is 16.1 Å². The SMILES string of the molecule is CC(=O)NC1(C(=O)N2CCCC2Cn2cccn2)CCCCC1. The van der Waals surface area contributed by atoms with Gasteiger partial charge in [0.05, 0.1) is 12.6 Å². The van der Waals surface area contributed by atoms with Crippen molar-refractivity contribution in [2.45, 2.75) is 70.0 Å². The molecule has 3 rings (SSSR count). The van der Waals surface area contributed by atoms with E-state index in [4.69, 9.17) is 0 Å². The molecule has 1 aliphatic heterocycles. The molecular weight excluding hydrogens is 292 g/mol. The standard InChI is InChI=1S/C17H26N4O2/c1-14(22)19-17(8-3-2-4-9-17)16(23)21-12-5-7-15(21)13-20-11-6-10-18-20/h6,10-11,15H,2-5,7-9,12-13H2,1H3,(H,19,22). The Labute approximate surface area is 137 Å². The molecule has 1 saturated carbocycles. The lowest BCUT2D eigenvalue weighted by atomic mass is 9.80. The Morgan fingerprint density at radius 3 is 2.70 bits per heavy atom. The van der Waals surface area contributed by atoms with Gasteiger partial charge in [-0.2, -0.15) is 5.10 Å². The number of amides is 2. The lowest BCUT2D eigenvalue weighted by Crippen LogP contribution is -2.61. The van der Waals surface area contributed by atoms with Gasteiger partial charge in [-0.25, -0.2) is 0 Å². The van der Waals surface area contributed by atoms with Crippen molar-refractivity contribution in [3.63, 3.8) is 0 Å². The van der Waals surface area contributed by atoms with Crippen LogP contribution in [0.25, 0.3) is 0 Å². The van der Waals surface area contributed by atoms with Crippen LogP contribution in [-0.4, -0.2) is 44.6 Å². The number of carbonyl (C=O) groups excluding carboxylic acids is 2. The van der Waals surface area contributed by atoms with Crippen molar-refractivity contribution in [3.05, 3.63) is 18.5 Å². The van der Waals surface area contributed by atoms with E-state index in [-0.39, 0.29) is 17.9 Å². The zero-order chi connectivity index (χ0) is 16.3. The van der Waals surface area contributed by atoms with Crippen LogP contribution in [0.15, 0.2) is 18.5 Å². The van der Waals surface area contributed by atoms with E-state index in [2.05, 4.69) is 10.4 Å². The Hall–Kier alpha value is -1.85. The molecule has 1 aliphatic carbocycles. The molecule has 0 radical (unpaired) electrons. The third-order valence-corrected chi connectivity index (χ3v) is 5.13. The molecule has 0 spiro atoms. The van der Waals surface area contributed by atoms with Crippen LogP contribution in [0.3, 0.4) is 0 Å². The first kappa shape index (κ1) is 16.0. The highest BCUT2D eigenvalue weighted by atomic mass is 16.2. The van der Waals surface area contributed by atoms with Crippen LogP contribution in [0.5, 0.6) is 0 Å². The summed E-state index contributed by atoms with van der Waals surface area (Å²) in [5.74, 6) is 0.00475. The Balaban J connectivity index is 1.76. The minimum absolute atomic E-state index is 0.108. The van der Waals surface area contributed by atoms with Crippen LogP contribution < -0.4 is 5.32 Å². The van der Waals surface area contributed by atoms with Crippen LogP contribution in [0, 0.1) is 0 Å². The number of hydrogen-bond donors (Lipinski definition) is 1. The summed E-state index contributed by atoms with van der Waals surface area (Å²) in [5, 5.41) is 7.26. The van der Waals surface area contributed by atoms with Crippen molar-refractivity contribution < 1.29 is 9.59 Å². The average molecular weight is 318 g/mol. The van der Waals surface area contributed by atoms with Gasteiger partial charge in [0.1, 0.15) is 5.54 Å². The second-order valence-electron chi connectivity index (χ2n) is 6.85. The fourth-order valence-electron chi connectivity index (χ4n) is 4.08. The molecule has 2 aliphatic rings. The molecule has 2 amide bonds. The van der Waals surface area contributed by atoms with Gasteiger partial charge < -0.3 is 10.2 Å². The minimum Gasteiger partial charge on any atom is -0.342 e. The third-order valence-electron chi connectivity index (χ3n) is 5.13. The van der Waals surface area contributed by atoms with Crippen molar-refractivity contribution in [1.82, 2.24) is 20.0 Å². The summed E-state index contributed by atoms with van der Waals surface area (Å²) in [5.41, 5.74) is -0.684. The number of carbonyl (C=O) groups is 2. The van der Waals surface area contributed by atoms with Crippen molar-refractivity contribution >= 4 is 11.8 Å². The molecule has 1 aromatic heterocycles. The van der Waals surface area contributed by atoms with E-state index in [1.165, 1.54) is 6.92 Å². The first-order chi connectivity index (χ1) is 11.1. The molecule has 23 heavy (non-hydrogen) atoms. The fraction of sp³-hybridized carbons (Fsp3) is 0.706. The van der Waals surface area contributed by atoms with E-state index in [0.717, 1.165) is 58.0 Å². The fourth-order valence-corrected chi connectivity index (χ4v) is 4.08. The molecule has 0 bridgehead atoms. The van der Waals surface area contributed by atoms with Crippen LogP contribution in [0.1, 0.15) is 51.9 Å². The van der Waals surface area contributed by atoms with Gasteiger partial charge in [-0.1, -0.05) is 19.3 Å². The molecule has 0 aromatic carbocycles. The highest BCUT2D eigenvalue weighted by Crippen LogP contribution is 2.33. The molecule has 1 unspecified atom stereocenters. The highest BCUT2D eigenvalue weighted by molar-refractivity contribution is 5.91. The molecule has 2 heterocycles. The maximum atomic E-state index is 13.3. The summed E-state index contributed by atoms with van der Waals surface area (Å²) in [4.78, 5) is 26.9. The maximum Gasteiger partial charge on any atom is 0.248 e. The van der Waals surface area contributed by atoms with Crippen LogP contribution >= 0.6 is 0 Å². The predicted octanol–water partition coefficient (Wildman–Crippen LogP) is 1.71. The number of hydrogen-bond acceptors (Lipinski definition) is 3. The Kier molecular flexibility index (Phi) is 4.68. The van der Waals surface area contributed by atoms with Gasteiger partial charge in [0.25, 0.3) is 0 Å². The van der Waals surface area contributed by atoms with Crippen LogP contribution in [0.2, 0.25) is 0 Å². The molecule has 1 saturated heterocycles.